The Labute approximate surface area is 147 Å². The van der Waals surface area contributed by atoms with Gasteiger partial charge in [0, 0.05) is 5.02 Å². The molecule has 4 nitrogen and oxygen atoms in total. The molecular formula is C19H19ClN2O2. The van der Waals surface area contributed by atoms with Gasteiger partial charge < -0.3 is 4.74 Å². The number of nitriles is 1. The number of anilines is 1. The van der Waals surface area contributed by atoms with Gasteiger partial charge in [0.15, 0.2) is 0 Å². The molecule has 2 aromatic carbocycles. The highest BCUT2D eigenvalue weighted by molar-refractivity contribution is 6.31. The van der Waals surface area contributed by atoms with E-state index in [1.165, 1.54) is 4.90 Å². The van der Waals surface area contributed by atoms with Crippen molar-refractivity contribution >= 4 is 23.4 Å². The minimum atomic E-state index is -0.641. The van der Waals surface area contributed by atoms with Crippen molar-refractivity contribution in [2.45, 2.75) is 32.9 Å². The van der Waals surface area contributed by atoms with Crippen molar-refractivity contribution in [3.63, 3.8) is 0 Å². The van der Waals surface area contributed by atoms with Crippen LogP contribution in [0.5, 0.6) is 0 Å². The SMILES string of the molecule is CC(C)(C)OC(=O)N(Cc1ccccc1)c1cc(Cl)ccc1C#N. The number of carbonyl (C=O) groups excluding carboxylic acids is 1. The molecule has 0 fully saturated rings. The Morgan fingerprint density at radius 2 is 1.88 bits per heavy atom. The molecule has 0 saturated carbocycles. The first-order valence-electron chi connectivity index (χ1n) is 7.54. The van der Waals surface area contributed by atoms with Gasteiger partial charge in [0.05, 0.1) is 17.8 Å². The average Bonchev–Trinajstić information content (AvgIpc) is 2.52. The number of nitrogens with zero attached hydrogens (tertiary/aromatic N) is 2. The van der Waals surface area contributed by atoms with E-state index in [0.29, 0.717) is 16.3 Å². The van der Waals surface area contributed by atoms with E-state index in [2.05, 4.69) is 6.07 Å². The molecule has 0 aliphatic rings. The predicted molar refractivity (Wildman–Crippen MR) is 95.0 cm³/mol. The van der Waals surface area contributed by atoms with Crippen LogP contribution in [0.1, 0.15) is 31.9 Å². The van der Waals surface area contributed by atoms with Gasteiger partial charge in [-0.15, -0.1) is 0 Å². The summed E-state index contributed by atoms with van der Waals surface area (Å²) in [6.45, 7) is 5.68. The second-order valence-corrected chi connectivity index (χ2v) is 6.76. The molecule has 0 N–H and O–H groups in total. The molecule has 5 heteroatoms. The van der Waals surface area contributed by atoms with E-state index in [4.69, 9.17) is 16.3 Å². The Kier molecular flexibility index (Phi) is 5.48. The Balaban J connectivity index is 2.45. The number of hydrogen-bond acceptors (Lipinski definition) is 3. The number of hydrogen-bond donors (Lipinski definition) is 0. The van der Waals surface area contributed by atoms with Crippen molar-refractivity contribution in [3.8, 4) is 6.07 Å². The minimum Gasteiger partial charge on any atom is -0.443 e. The number of benzene rings is 2. The monoisotopic (exact) mass is 342 g/mol. The van der Waals surface area contributed by atoms with Gasteiger partial charge in [-0.2, -0.15) is 5.26 Å². The molecule has 0 unspecified atom stereocenters. The van der Waals surface area contributed by atoms with Gasteiger partial charge in [-0.3, -0.25) is 4.90 Å². The molecule has 0 spiro atoms. The van der Waals surface area contributed by atoms with E-state index in [0.717, 1.165) is 5.56 Å². The molecule has 0 bridgehead atoms. The zero-order chi connectivity index (χ0) is 17.7. The van der Waals surface area contributed by atoms with Crippen LogP contribution >= 0.6 is 11.6 Å². The molecule has 124 valence electrons. The van der Waals surface area contributed by atoms with Crippen LogP contribution in [0, 0.1) is 11.3 Å². The van der Waals surface area contributed by atoms with Crippen LogP contribution in [0.2, 0.25) is 5.02 Å². The molecule has 2 rings (SSSR count). The number of halogens is 1. The van der Waals surface area contributed by atoms with E-state index in [1.54, 1.807) is 39.0 Å². The van der Waals surface area contributed by atoms with Crippen molar-refractivity contribution in [3.05, 3.63) is 64.7 Å². The van der Waals surface area contributed by atoms with Gasteiger partial charge in [0.1, 0.15) is 11.7 Å². The number of rotatable bonds is 3. The lowest BCUT2D eigenvalue weighted by molar-refractivity contribution is 0.0577. The fourth-order valence-corrected chi connectivity index (χ4v) is 2.32. The van der Waals surface area contributed by atoms with E-state index in [-0.39, 0.29) is 6.54 Å². The molecule has 0 saturated heterocycles. The first kappa shape index (κ1) is 17.8. The summed E-state index contributed by atoms with van der Waals surface area (Å²) in [4.78, 5) is 14.1. The maximum atomic E-state index is 12.7. The molecule has 1 amide bonds. The van der Waals surface area contributed by atoms with E-state index < -0.39 is 11.7 Å². The third-order valence-electron chi connectivity index (χ3n) is 3.17. The van der Waals surface area contributed by atoms with Crippen LogP contribution in [-0.4, -0.2) is 11.7 Å². The van der Waals surface area contributed by atoms with Crippen molar-refractivity contribution in [2.24, 2.45) is 0 Å². The van der Waals surface area contributed by atoms with E-state index >= 15 is 0 Å². The van der Waals surface area contributed by atoms with Crippen molar-refractivity contribution in [2.75, 3.05) is 4.90 Å². The standard InChI is InChI=1S/C19H19ClN2O2/c1-19(2,3)24-18(23)22(13-14-7-5-4-6-8-14)17-11-16(20)10-9-15(17)12-21/h4-11H,13H2,1-3H3. The summed E-state index contributed by atoms with van der Waals surface area (Å²) < 4.78 is 5.50. The molecule has 0 aliphatic carbocycles. The maximum absolute atomic E-state index is 12.7. The summed E-state index contributed by atoms with van der Waals surface area (Å²) in [5.74, 6) is 0. The van der Waals surface area contributed by atoms with Crippen LogP contribution in [0.25, 0.3) is 0 Å². The lowest BCUT2D eigenvalue weighted by atomic mass is 10.1. The summed E-state index contributed by atoms with van der Waals surface area (Å²) in [6.07, 6.45) is -0.523. The third kappa shape index (κ3) is 4.74. The van der Waals surface area contributed by atoms with E-state index in [9.17, 15) is 10.1 Å². The van der Waals surface area contributed by atoms with Gasteiger partial charge in [-0.25, -0.2) is 4.79 Å². The summed E-state index contributed by atoms with van der Waals surface area (Å²) in [5.41, 5.74) is 1.08. The van der Waals surface area contributed by atoms with Gasteiger partial charge in [0.2, 0.25) is 0 Å². The molecule has 2 aromatic rings. The lowest BCUT2D eigenvalue weighted by Crippen LogP contribution is -2.37. The van der Waals surface area contributed by atoms with Gasteiger partial charge in [0.25, 0.3) is 0 Å². The quantitative estimate of drug-likeness (QED) is 0.774. The van der Waals surface area contributed by atoms with Crippen molar-refractivity contribution < 1.29 is 9.53 Å². The Bertz CT molecular complexity index is 761. The number of carbonyl (C=O) groups is 1. The summed E-state index contributed by atoms with van der Waals surface area (Å²) in [5, 5.41) is 9.82. The van der Waals surface area contributed by atoms with Gasteiger partial charge in [-0.1, -0.05) is 41.9 Å². The summed E-state index contributed by atoms with van der Waals surface area (Å²) >= 11 is 6.07. The molecule has 0 atom stereocenters. The van der Waals surface area contributed by atoms with Gasteiger partial charge >= 0.3 is 6.09 Å². The highest BCUT2D eigenvalue weighted by Crippen LogP contribution is 2.27. The lowest BCUT2D eigenvalue weighted by Gasteiger charge is -2.28. The molecule has 0 aromatic heterocycles. The average molecular weight is 343 g/mol. The topological polar surface area (TPSA) is 53.3 Å². The Hall–Kier alpha value is -2.51. The smallest absolute Gasteiger partial charge is 0.415 e. The highest BCUT2D eigenvalue weighted by atomic mass is 35.5. The number of amides is 1. The normalized spacial score (nSPS) is 10.8. The van der Waals surface area contributed by atoms with Crippen LogP contribution in [0.15, 0.2) is 48.5 Å². The molecule has 0 radical (unpaired) electrons. The number of ether oxygens (including phenoxy) is 1. The Morgan fingerprint density at radius 1 is 1.21 bits per heavy atom. The van der Waals surface area contributed by atoms with Crippen LogP contribution in [0.3, 0.4) is 0 Å². The van der Waals surface area contributed by atoms with Gasteiger partial charge in [-0.05, 0) is 44.5 Å². The van der Waals surface area contributed by atoms with Crippen molar-refractivity contribution in [1.29, 1.82) is 5.26 Å². The van der Waals surface area contributed by atoms with Crippen LogP contribution in [-0.2, 0) is 11.3 Å². The van der Waals surface area contributed by atoms with Crippen LogP contribution < -0.4 is 4.90 Å². The van der Waals surface area contributed by atoms with E-state index in [1.807, 2.05) is 30.3 Å². The second kappa shape index (κ2) is 7.37. The zero-order valence-corrected chi connectivity index (χ0v) is 14.7. The second-order valence-electron chi connectivity index (χ2n) is 6.33. The fourth-order valence-electron chi connectivity index (χ4n) is 2.15. The third-order valence-corrected chi connectivity index (χ3v) is 3.40. The molecular weight excluding hydrogens is 324 g/mol. The molecule has 24 heavy (non-hydrogen) atoms. The first-order chi connectivity index (χ1) is 11.3. The molecule has 0 heterocycles. The maximum Gasteiger partial charge on any atom is 0.415 e. The highest BCUT2D eigenvalue weighted by Gasteiger charge is 2.25. The zero-order valence-electron chi connectivity index (χ0n) is 13.9. The summed E-state index contributed by atoms with van der Waals surface area (Å²) in [6, 6.07) is 16.4. The Morgan fingerprint density at radius 3 is 2.46 bits per heavy atom. The summed E-state index contributed by atoms with van der Waals surface area (Å²) in [7, 11) is 0. The largest absolute Gasteiger partial charge is 0.443 e. The van der Waals surface area contributed by atoms with Crippen molar-refractivity contribution in [1.82, 2.24) is 0 Å². The fraction of sp³-hybridized carbons (Fsp3) is 0.263. The minimum absolute atomic E-state index is 0.283. The first-order valence-corrected chi connectivity index (χ1v) is 7.92. The predicted octanol–water partition coefficient (Wildman–Crippen LogP) is 5.15. The van der Waals surface area contributed by atoms with Crippen LogP contribution in [0.4, 0.5) is 10.5 Å². The molecule has 0 aliphatic heterocycles.